The summed E-state index contributed by atoms with van der Waals surface area (Å²) in [7, 11) is 0. The van der Waals surface area contributed by atoms with Gasteiger partial charge in [0.2, 0.25) is 5.88 Å². The average molecular weight is 373 g/mol. The van der Waals surface area contributed by atoms with Crippen LogP contribution in [0.25, 0.3) is 0 Å². The van der Waals surface area contributed by atoms with E-state index < -0.39 is 0 Å². The summed E-state index contributed by atoms with van der Waals surface area (Å²) in [5.41, 5.74) is 9.57. The van der Waals surface area contributed by atoms with Gasteiger partial charge in [-0.05, 0) is 79.1 Å². The number of fused-ring (bicyclic) bond motifs is 2. The Labute approximate surface area is 168 Å². The van der Waals surface area contributed by atoms with Crippen LogP contribution in [0.15, 0.2) is 42.6 Å². The molecule has 0 saturated carbocycles. The Morgan fingerprint density at radius 1 is 0.821 bits per heavy atom. The number of benzene rings is 2. The van der Waals surface area contributed by atoms with Crippen LogP contribution in [0.4, 0.5) is 17.1 Å². The lowest BCUT2D eigenvalue weighted by Gasteiger charge is -2.35. The summed E-state index contributed by atoms with van der Waals surface area (Å²) in [6.07, 6.45) is 1.86. The first kappa shape index (κ1) is 18.5. The number of pyridine rings is 1. The normalized spacial score (nSPS) is 13.0. The van der Waals surface area contributed by atoms with Crippen molar-refractivity contribution >= 4 is 17.1 Å². The van der Waals surface area contributed by atoms with Gasteiger partial charge < -0.3 is 9.64 Å². The molecule has 1 aliphatic rings. The monoisotopic (exact) mass is 372 g/mol. The highest BCUT2D eigenvalue weighted by molar-refractivity contribution is 5.88. The second kappa shape index (κ2) is 6.37. The second-order valence-corrected chi connectivity index (χ2v) is 8.95. The molecule has 1 aromatic heterocycles. The topological polar surface area (TPSA) is 25.4 Å². The van der Waals surface area contributed by atoms with Crippen molar-refractivity contribution in [3.8, 4) is 11.6 Å². The molecule has 4 rings (SSSR count). The average Bonchev–Trinajstić information content (AvgIpc) is 2.60. The standard InChI is InChI=1S/C25H28N2O/c1-15-8-9-22-20(10-15)27(21-11-16(2)14-26-24(21)28-22)23-17(3)12-19(13-18(23)4)25(5,6)7/h8-14H,1-7H3. The first-order valence-corrected chi connectivity index (χ1v) is 9.82. The van der Waals surface area contributed by atoms with Gasteiger partial charge in [-0.25, -0.2) is 4.98 Å². The van der Waals surface area contributed by atoms with Crippen molar-refractivity contribution in [3.63, 3.8) is 0 Å². The first-order chi connectivity index (χ1) is 13.1. The Kier molecular flexibility index (Phi) is 4.22. The summed E-state index contributed by atoms with van der Waals surface area (Å²) >= 11 is 0. The van der Waals surface area contributed by atoms with Crippen LogP contribution in [0.2, 0.25) is 0 Å². The van der Waals surface area contributed by atoms with E-state index in [2.05, 4.69) is 88.7 Å². The molecule has 1 aliphatic heterocycles. The fraction of sp³-hybridized carbons (Fsp3) is 0.320. The Morgan fingerprint density at radius 3 is 2.11 bits per heavy atom. The molecule has 0 aliphatic carbocycles. The second-order valence-electron chi connectivity index (χ2n) is 8.95. The molecular formula is C25H28N2O. The van der Waals surface area contributed by atoms with Gasteiger partial charge in [-0.15, -0.1) is 0 Å². The van der Waals surface area contributed by atoms with Crippen LogP contribution in [0, 0.1) is 27.7 Å². The Morgan fingerprint density at radius 2 is 1.46 bits per heavy atom. The lowest BCUT2D eigenvalue weighted by atomic mass is 9.84. The smallest absolute Gasteiger partial charge is 0.243 e. The van der Waals surface area contributed by atoms with Crippen molar-refractivity contribution < 1.29 is 4.74 Å². The van der Waals surface area contributed by atoms with Gasteiger partial charge in [0.25, 0.3) is 0 Å². The van der Waals surface area contributed by atoms with E-state index in [1.165, 1.54) is 27.9 Å². The number of aromatic nitrogens is 1. The molecule has 0 fully saturated rings. The molecule has 0 bridgehead atoms. The molecule has 3 heteroatoms. The molecule has 0 N–H and O–H groups in total. The van der Waals surface area contributed by atoms with Crippen LogP contribution in [-0.4, -0.2) is 4.98 Å². The third kappa shape index (κ3) is 3.05. The third-order valence-electron chi connectivity index (χ3n) is 5.35. The zero-order valence-electron chi connectivity index (χ0n) is 17.8. The van der Waals surface area contributed by atoms with Crippen molar-refractivity contribution in [3.05, 3.63) is 70.4 Å². The highest BCUT2D eigenvalue weighted by Gasteiger charge is 2.29. The number of anilines is 3. The van der Waals surface area contributed by atoms with Gasteiger partial charge in [-0.1, -0.05) is 39.0 Å². The lowest BCUT2D eigenvalue weighted by Crippen LogP contribution is -2.20. The Hall–Kier alpha value is -2.81. The number of aryl methyl sites for hydroxylation is 4. The van der Waals surface area contributed by atoms with Crippen LogP contribution in [0.5, 0.6) is 11.6 Å². The van der Waals surface area contributed by atoms with Gasteiger partial charge in [-0.2, -0.15) is 0 Å². The maximum atomic E-state index is 6.14. The van der Waals surface area contributed by atoms with Crippen molar-refractivity contribution in [1.82, 2.24) is 4.98 Å². The predicted molar refractivity (Wildman–Crippen MR) is 117 cm³/mol. The van der Waals surface area contributed by atoms with Crippen LogP contribution >= 0.6 is 0 Å². The van der Waals surface area contributed by atoms with Gasteiger partial charge in [0.15, 0.2) is 5.75 Å². The van der Waals surface area contributed by atoms with Crippen LogP contribution in [0.3, 0.4) is 0 Å². The minimum Gasteiger partial charge on any atom is -0.435 e. The number of hydrogen-bond donors (Lipinski definition) is 0. The van der Waals surface area contributed by atoms with E-state index in [0.29, 0.717) is 5.88 Å². The lowest BCUT2D eigenvalue weighted by molar-refractivity contribution is 0.457. The van der Waals surface area contributed by atoms with Gasteiger partial charge in [0.05, 0.1) is 11.4 Å². The molecule has 0 unspecified atom stereocenters. The van der Waals surface area contributed by atoms with Gasteiger partial charge in [0.1, 0.15) is 5.69 Å². The van der Waals surface area contributed by atoms with E-state index in [1.807, 2.05) is 12.3 Å². The largest absolute Gasteiger partial charge is 0.435 e. The van der Waals surface area contributed by atoms with Crippen molar-refractivity contribution in [2.45, 2.75) is 53.9 Å². The molecule has 0 atom stereocenters. The molecule has 3 nitrogen and oxygen atoms in total. The molecule has 2 aromatic carbocycles. The van der Waals surface area contributed by atoms with E-state index in [0.717, 1.165) is 22.7 Å². The molecule has 0 spiro atoms. The summed E-state index contributed by atoms with van der Waals surface area (Å²) in [6, 6.07) is 13.1. The number of hydrogen-bond acceptors (Lipinski definition) is 3. The molecule has 2 heterocycles. The highest BCUT2D eigenvalue weighted by Crippen LogP contribution is 2.51. The zero-order chi connectivity index (χ0) is 20.2. The van der Waals surface area contributed by atoms with Crippen LogP contribution in [0.1, 0.15) is 48.6 Å². The molecule has 0 saturated heterocycles. The summed E-state index contributed by atoms with van der Waals surface area (Å²) in [5.74, 6) is 1.49. The van der Waals surface area contributed by atoms with E-state index in [4.69, 9.17) is 4.74 Å². The molecule has 144 valence electrons. The quantitative estimate of drug-likeness (QED) is 0.353. The number of ether oxygens (including phenoxy) is 1. The zero-order valence-corrected chi connectivity index (χ0v) is 17.8. The fourth-order valence-corrected chi connectivity index (χ4v) is 3.88. The highest BCUT2D eigenvalue weighted by atomic mass is 16.5. The third-order valence-corrected chi connectivity index (χ3v) is 5.35. The van der Waals surface area contributed by atoms with Crippen molar-refractivity contribution in [2.75, 3.05) is 4.90 Å². The summed E-state index contributed by atoms with van der Waals surface area (Å²) in [5, 5.41) is 0. The molecule has 0 radical (unpaired) electrons. The maximum Gasteiger partial charge on any atom is 0.243 e. The minimum atomic E-state index is 0.115. The number of rotatable bonds is 1. The van der Waals surface area contributed by atoms with Crippen LogP contribution < -0.4 is 9.64 Å². The summed E-state index contributed by atoms with van der Waals surface area (Å²) < 4.78 is 6.14. The molecule has 0 amide bonds. The molecule has 3 aromatic rings. The molecular weight excluding hydrogens is 344 g/mol. The van der Waals surface area contributed by atoms with E-state index >= 15 is 0 Å². The van der Waals surface area contributed by atoms with E-state index in [1.54, 1.807) is 0 Å². The van der Waals surface area contributed by atoms with Crippen molar-refractivity contribution in [2.24, 2.45) is 0 Å². The van der Waals surface area contributed by atoms with E-state index in [9.17, 15) is 0 Å². The minimum absolute atomic E-state index is 0.115. The van der Waals surface area contributed by atoms with E-state index in [-0.39, 0.29) is 5.41 Å². The number of nitrogens with zero attached hydrogens (tertiary/aromatic N) is 2. The fourth-order valence-electron chi connectivity index (χ4n) is 3.88. The predicted octanol–water partition coefficient (Wildman–Crippen LogP) is 7.19. The maximum absolute atomic E-state index is 6.14. The van der Waals surface area contributed by atoms with Gasteiger partial charge >= 0.3 is 0 Å². The van der Waals surface area contributed by atoms with Gasteiger partial charge in [-0.3, -0.25) is 0 Å². The first-order valence-electron chi connectivity index (χ1n) is 9.82. The van der Waals surface area contributed by atoms with Gasteiger partial charge in [0, 0.05) is 6.20 Å². The Balaban J connectivity index is 2.00. The Bertz CT molecular complexity index is 1000. The summed E-state index contributed by atoms with van der Waals surface area (Å²) in [6.45, 7) is 15.4. The van der Waals surface area contributed by atoms with Crippen LogP contribution in [-0.2, 0) is 5.41 Å². The molecule has 28 heavy (non-hydrogen) atoms. The van der Waals surface area contributed by atoms with Crippen molar-refractivity contribution in [1.29, 1.82) is 0 Å². The summed E-state index contributed by atoms with van der Waals surface area (Å²) in [4.78, 5) is 6.89. The SMILES string of the molecule is Cc1ccc2c(c1)N(c1c(C)cc(C(C)(C)C)cc1C)c1cc(C)cnc1O2.